The number of carbonyl (C=O) groups is 3. The SMILES string of the molecule is CCn1c(C)c(C(=O)CC(C)C)c2c1C(=O)c1ccccc1C2=O. The van der Waals surface area contributed by atoms with E-state index in [0.717, 1.165) is 0 Å². The van der Waals surface area contributed by atoms with Crippen molar-refractivity contribution in [1.82, 2.24) is 4.57 Å². The van der Waals surface area contributed by atoms with Gasteiger partial charge in [0.1, 0.15) is 5.69 Å². The van der Waals surface area contributed by atoms with E-state index in [9.17, 15) is 14.4 Å². The second kappa shape index (κ2) is 5.86. The predicted octanol–water partition coefficient (Wildman–Crippen LogP) is 3.82. The third-order valence-corrected chi connectivity index (χ3v) is 4.57. The van der Waals surface area contributed by atoms with Gasteiger partial charge in [-0.3, -0.25) is 14.4 Å². The number of ketones is 3. The molecule has 0 saturated carbocycles. The zero-order valence-corrected chi connectivity index (χ0v) is 14.5. The van der Waals surface area contributed by atoms with Gasteiger partial charge in [0, 0.05) is 29.8 Å². The molecule has 3 rings (SSSR count). The van der Waals surface area contributed by atoms with Crippen LogP contribution in [0.2, 0.25) is 0 Å². The highest BCUT2D eigenvalue weighted by atomic mass is 16.1. The van der Waals surface area contributed by atoms with Gasteiger partial charge < -0.3 is 4.57 Å². The Kier molecular flexibility index (Phi) is 3.99. The van der Waals surface area contributed by atoms with E-state index < -0.39 is 0 Å². The lowest BCUT2D eigenvalue weighted by Gasteiger charge is -2.17. The molecule has 4 heteroatoms. The van der Waals surface area contributed by atoms with E-state index in [1.807, 2.05) is 27.7 Å². The van der Waals surface area contributed by atoms with Crippen LogP contribution in [0.3, 0.4) is 0 Å². The zero-order valence-electron chi connectivity index (χ0n) is 14.5. The Morgan fingerprint density at radius 2 is 1.67 bits per heavy atom. The van der Waals surface area contributed by atoms with Crippen LogP contribution in [0.1, 0.15) is 75.2 Å². The molecule has 0 saturated heterocycles. The number of nitrogens with zero attached hydrogens (tertiary/aromatic N) is 1. The Balaban J connectivity index is 2.30. The largest absolute Gasteiger partial charge is 0.341 e. The number of fused-ring (bicyclic) bond motifs is 2. The average molecular weight is 323 g/mol. The van der Waals surface area contributed by atoms with Gasteiger partial charge in [0.05, 0.1) is 11.1 Å². The first-order valence-corrected chi connectivity index (χ1v) is 8.33. The lowest BCUT2D eigenvalue weighted by molar-refractivity contribution is 0.0949. The molecule has 0 N–H and O–H groups in total. The summed E-state index contributed by atoms with van der Waals surface area (Å²) in [5.74, 6) is -0.262. The van der Waals surface area contributed by atoms with Gasteiger partial charge in [0.2, 0.25) is 5.78 Å². The first-order valence-electron chi connectivity index (χ1n) is 8.33. The number of aromatic nitrogens is 1. The highest BCUT2D eigenvalue weighted by Crippen LogP contribution is 2.34. The molecule has 1 aromatic carbocycles. The van der Waals surface area contributed by atoms with Crippen molar-refractivity contribution in [2.45, 2.75) is 40.7 Å². The molecule has 1 aromatic heterocycles. The van der Waals surface area contributed by atoms with Crippen molar-refractivity contribution in [1.29, 1.82) is 0 Å². The van der Waals surface area contributed by atoms with Crippen molar-refractivity contribution in [3.8, 4) is 0 Å². The molecule has 0 aliphatic heterocycles. The normalized spacial score (nSPS) is 13.2. The predicted molar refractivity (Wildman–Crippen MR) is 91.9 cm³/mol. The minimum Gasteiger partial charge on any atom is -0.341 e. The molecule has 2 aromatic rings. The minimum atomic E-state index is -0.220. The molecule has 0 radical (unpaired) electrons. The van der Waals surface area contributed by atoms with Gasteiger partial charge in [-0.05, 0) is 19.8 Å². The van der Waals surface area contributed by atoms with E-state index in [-0.39, 0.29) is 23.3 Å². The quantitative estimate of drug-likeness (QED) is 0.686. The second-order valence-corrected chi connectivity index (χ2v) is 6.65. The summed E-state index contributed by atoms with van der Waals surface area (Å²) in [5, 5.41) is 0. The van der Waals surface area contributed by atoms with Gasteiger partial charge in [0.15, 0.2) is 11.6 Å². The van der Waals surface area contributed by atoms with Gasteiger partial charge >= 0.3 is 0 Å². The molecule has 24 heavy (non-hydrogen) atoms. The molecule has 0 atom stereocenters. The number of rotatable bonds is 4. The first-order chi connectivity index (χ1) is 11.4. The van der Waals surface area contributed by atoms with Crippen molar-refractivity contribution in [3.05, 3.63) is 57.9 Å². The van der Waals surface area contributed by atoms with Crippen LogP contribution in [0.4, 0.5) is 0 Å². The molecule has 0 amide bonds. The van der Waals surface area contributed by atoms with E-state index in [1.165, 1.54) is 0 Å². The maximum Gasteiger partial charge on any atom is 0.210 e. The first kappa shape index (κ1) is 16.4. The molecule has 1 aliphatic carbocycles. The molecule has 0 unspecified atom stereocenters. The number of Topliss-reactive ketones (excluding diaryl/α,β-unsaturated/α-hetero) is 1. The van der Waals surface area contributed by atoms with Gasteiger partial charge in [-0.2, -0.15) is 0 Å². The number of hydrogen-bond acceptors (Lipinski definition) is 3. The van der Waals surface area contributed by atoms with Gasteiger partial charge in [-0.1, -0.05) is 38.1 Å². The highest BCUT2D eigenvalue weighted by molar-refractivity contribution is 6.31. The van der Waals surface area contributed by atoms with E-state index in [0.29, 0.717) is 46.6 Å². The summed E-state index contributed by atoms with van der Waals surface area (Å²) in [4.78, 5) is 38.8. The maximum absolute atomic E-state index is 13.0. The Labute approximate surface area is 141 Å². The molecular weight excluding hydrogens is 302 g/mol. The lowest BCUT2D eigenvalue weighted by atomic mass is 9.84. The van der Waals surface area contributed by atoms with Crippen molar-refractivity contribution in [2.75, 3.05) is 0 Å². The van der Waals surface area contributed by atoms with Crippen LogP contribution in [-0.2, 0) is 6.54 Å². The van der Waals surface area contributed by atoms with Gasteiger partial charge in [-0.25, -0.2) is 0 Å². The fourth-order valence-electron chi connectivity index (χ4n) is 3.54. The molecule has 4 nitrogen and oxygen atoms in total. The number of benzene rings is 1. The fraction of sp³-hybridized carbons (Fsp3) is 0.350. The van der Waals surface area contributed by atoms with E-state index >= 15 is 0 Å². The monoisotopic (exact) mass is 323 g/mol. The second-order valence-electron chi connectivity index (χ2n) is 6.65. The number of carbonyl (C=O) groups excluding carboxylic acids is 3. The molecular formula is C20H21NO3. The summed E-state index contributed by atoms with van der Waals surface area (Å²) < 4.78 is 1.80. The maximum atomic E-state index is 13.0. The van der Waals surface area contributed by atoms with Gasteiger partial charge in [0.25, 0.3) is 0 Å². The Morgan fingerprint density at radius 3 is 2.21 bits per heavy atom. The van der Waals surface area contributed by atoms with Crippen LogP contribution < -0.4 is 0 Å². The summed E-state index contributed by atoms with van der Waals surface area (Å²) in [6.07, 6.45) is 0.365. The number of hydrogen-bond donors (Lipinski definition) is 0. The summed E-state index contributed by atoms with van der Waals surface area (Å²) >= 11 is 0. The zero-order chi connectivity index (χ0) is 17.6. The minimum absolute atomic E-state index is 0.0634. The summed E-state index contributed by atoms with van der Waals surface area (Å²) in [6.45, 7) is 8.23. The van der Waals surface area contributed by atoms with Crippen molar-refractivity contribution < 1.29 is 14.4 Å². The molecule has 0 fully saturated rings. The van der Waals surface area contributed by atoms with Crippen molar-refractivity contribution in [2.24, 2.45) is 5.92 Å². The smallest absolute Gasteiger partial charge is 0.210 e. The van der Waals surface area contributed by atoms with Crippen LogP contribution in [-0.4, -0.2) is 21.9 Å². The molecule has 1 heterocycles. The van der Waals surface area contributed by atoms with Crippen molar-refractivity contribution in [3.63, 3.8) is 0 Å². The van der Waals surface area contributed by atoms with E-state index in [4.69, 9.17) is 0 Å². The van der Waals surface area contributed by atoms with E-state index in [1.54, 1.807) is 28.8 Å². The van der Waals surface area contributed by atoms with Crippen LogP contribution in [0.5, 0.6) is 0 Å². The molecule has 1 aliphatic rings. The van der Waals surface area contributed by atoms with E-state index in [2.05, 4.69) is 0 Å². The Hall–Kier alpha value is -2.49. The summed E-state index contributed by atoms with van der Waals surface area (Å²) in [5.41, 5.74) is 2.61. The fourth-order valence-corrected chi connectivity index (χ4v) is 3.54. The summed E-state index contributed by atoms with van der Waals surface area (Å²) in [6, 6.07) is 6.84. The van der Waals surface area contributed by atoms with Crippen LogP contribution >= 0.6 is 0 Å². The summed E-state index contributed by atoms with van der Waals surface area (Å²) in [7, 11) is 0. The molecule has 124 valence electrons. The third kappa shape index (κ3) is 2.25. The molecule has 0 bridgehead atoms. The van der Waals surface area contributed by atoms with Crippen LogP contribution in [0.25, 0.3) is 0 Å². The lowest BCUT2D eigenvalue weighted by Crippen LogP contribution is -2.23. The van der Waals surface area contributed by atoms with Gasteiger partial charge in [-0.15, -0.1) is 0 Å². The van der Waals surface area contributed by atoms with Crippen LogP contribution in [0, 0.1) is 12.8 Å². The van der Waals surface area contributed by atoms with Crippen LogP contribution in [0.15, 0.2) is 24.3 Å². The Bertz CT molecular complexity index is 871. The highest BCUT2D eigenvalue weighted by Gasteiger charge is 2.38. The average Bonchev–Trinajstić information content (AvgIpc) is 2.84. The standard InChI is InChI=1S/C20H21NO3/c1-5-21-12(4)16(15(22)10-11(2)3)17-18(21)20(24)14-9-7-6-8-13(14)19(17)23/h6-9,11H,5,10H2,1-4H3. The van der Waals surface area contributed by atoms with Crippen molar-refractivity contribution >= 4 is 17.3 Å². The Morgan fingerprint density at radius 1 is 1.08 bits per heavy atom. The third-order valence-electron chi connectivity index (χ3n) is 4.57. The molecule has 0 spiro atoms. The topological polar surface area (TPSA) is 56.1 Å².